The molecular weight excluding hydrogens is 292 g/mol. The van der Waals surface area contributed by atoms with Crippen LogP contribution >= 0.6 is 0 Å². The van der Waals surface area contributed by atoms with Crippen molar-refractivity contribution in [2.24, 2.45) is 11.8 Å². The summed E-state index contributed by atoms with van der Waals surface area (Å²) < 4.78 is 6.14. The molecule has 0 unspecified atom stereocenters. The number of anilines is 1. The number of aromatic nitrogens is 2. The Hall–Kier alpha value is -1.69. The zero-order valence-corrected chi connectivity index (χ0v) is 13.4. The van der Waals surface area contributed by atoms with Crippen LogP contribution < -0.4 is 10.2 Å². The van der Waals surface area contributed by atoms with Gasteiger partial charge in [-0.25, -0.2) is 9.97 Å². The molecule has 0 aromatic carbocycles. The number of ether oxygens (including phenoxy) is 1. The van der Waals surface area contributed by atoms with Crippen molar-refractivity contribution in [3.05, 3.63) is 18.5 Å². The monoisotopic (exact) mass is 316 g/mol. The number of nitrogens with one attached hydrogen (secondary N) is 1. The Morgan fingerprint density at radius 1 is 1.26 bits per heavy atom. The van der Waals surface area contributed by atoms with Crippen LogP contribution in [0.3, 0.4) is 0 Å². The van der Waals surface area contributed by atoms with Crippen molar-refractivity contribution < 1.29 is 9.53 Å². The van der Waals surface area contributed by atoms with Crippen LogP contribution in [-0.4, -0.2) is 47.7 Å². The van der Waals surface area contributed by atoms with Crippen molar-refractivity contribution in [2.45, 2.75) is 37.7 Å². The Labute approximate surface area is 136 Å². The van der Waals surface area contributed by atoms with Gasteiger partial charge < -0.3 is 15.0 Å². The molecule has 2 aliphatic heterocycles. The second-order valence-corrected chi connectivity index (χ2v) is 7.26. The Balaban J connectivity index is 1.19. The molecule has 3 aliphatic rings. The summed E-state index contributed by atoms with van der Waals surface area (Å²) in [4.78, 5) is 22.5. The summed E-state index contributed by atoms with van der Waals surface area (Å²) in [6, 6.07) is 1.83. The van der Waals surface area contributed by atoms with Gasteiger partial charge in [-0.2, -0.15) is 0 Å². The SMILES string of the molecule is O=C(CC1CC1)NC[C@H]1CCC2(CN(c3ncccn3)C2)OC1. The van der Waals surface area contributed by atoms with Gasteiger partial charge in [-0.1, -0.05) is 0 Å². The molecule has 1 aliphatic carbocycles. The zero-order chi connectivity index (χ0) is 15.7. The minimum atomic E-state index is -0.0201. The summed E-state index contributed by atoms with van der Waals surface area (Å²) in [6.45, 7) is 3.25. The van der Waals surface area contributed by atoms with Gasteiger partial charge in [0.25, 0.3) is 0 Å². The minimum absolute atomic E-state index is 0.0201. The Bertz CT molecular complexity index is 545. The van der Waals surface area contributed by atoms with Crippen LogP contribution in [0.4, 0.5) is 5.95 Å². The molecule has 6 nitrogen and oxygen atoms in total. The first-order valence-corrected chi connectivity index (χ1v) is 8.65. The first-order chi connectivity index (χ1) is 11.2. The topological polar surface area (TPSA) is 67.4 Å². The highest BCUT2D eigenvalue weighted by Crippen LogP contribution is 2.37. The van der Waals surface area contributed by atoms with Crippen molar-refractivity contribution in [1.29, 1.82) is 0 Å². The highest BCUT2D eigenvalue weighted by molar-refractivity contribution is 5.76. The lowest BCUT2D eigenvalue weighted by molar-refractivity contribution is -0.125. The minimum Gasteiger partial charge on any atom is -0.371 e. The first kappa shape index (κ1) is 14.9. The summed E-state index contributed by atoms with van der Waals surface area (Å²) in [7, 11) is 0. The summed E-state index contributed by atoms with van der Waals surface area (Å²) in [5, 5.41) is 3.07. The van der Waals surface area contributed by atoms with E-state index in [4.69, 9.17) is 4.74 Å². The van der Waals surface area contributed by atoms with Crippen LogP contribution in [-0.2, 0) is 9.53 Å². The molecule has 1 atom stereocenters. The smallest absolute Gasteiger partial charge is 0.225 e. The van der Waals surface area contributed by atoms with E-state index in [1.54, 1.807) is 12.4 Å². The molecule has 1 N–H and O–H groups in total. The normalized spacial score (nSPS) is 25.9. The summed E-state index contributed by atoms with van der Waals surface area (Å²) in [5.74, 6) is 2.10. The summed E-state index contributed by atoms with van der Waals surface area (Å²) in [6.07, 6.45) is 8.88. The highest BCUT2D eigenvalue weighted by Gasteiger charge is 2.47. The van der Waals surface area contributed by atoms with E-state index < -0.39 is 0 Å². The van der Waals surface area contributed by atoms with Crippen LogP contribution in [0.2, 0.25) is 0 Å². The van der Waals surface area contributed by atoms with Crippen molar-refractivity contribution in [2.75, 3.05) is 31.1 Å². The lowest BCUT2D eigenvalue weighted by Gasteiger charge is -2.52. The van der Waals surface area contributed by atoms with Crippen molar-refractivity contribution >= 4 is 11.9 Å². The quantitative estimate of drug-likeness (QED) is 0.889. The second kappa shape index (κ2) is 6.07. The third kappa shape index (κ3) is 3.47. The first-order valence-electron chi connectivity index (χ1n) is 8.65. The number of carbonyl (C=O) groups is 1. The van der Waals surface area contributed by atoms with E-state index in [1.165, 1.54) is 12.8 Å². The standard InChI is InChI=1S/C17H24N4O2/c22-15(8-13-2-3-13)20-9-14-4-5-17(23-10-14)11-21(12-17)16-18-6-1-7-19-16/h1,6-7,13-14H,2-5,8-12H2,(H,20,22)/t14-/m1/s1. The van der Waals surface area contributed by atoms with E-state index in [2.05, 4.69) is 20.2 Å². The Morgan fingerprint density at radius 3 is 2.70 bits per heavy atom. The van der Waals surface area contributed by atoms with Crippen molar-refractivity contribution in [3.63, 3.8) is 0 Å². The molecule has 3 heterocycles. The fourth-order valence-electron chi connectivity index (χ4n) is 3.49. The largest absolute Gasteiger partial charge is 0.371 e. The molecule has 3 fully saturated rings. The number of hydrogen-bond donors (Lipinski definition) is 1. The van der Waals surface area contributed by atoms with E-state index >= 15 is 0 Å². The lowest BCUT2D eigenvalue weighted by Crippen LogP contribution is -2.65. The fourth-order valence-corrected chi connectivity index (χ4v) is 3.49. The molecule has 1 spiro atoms. The van der Waals surface area contributed by atoms with Crippen LogP contribution in [0, 0.1) is 11.8 Å². The van der Waals surface area contributed by atoms with Gasteiger partial charge in [0.15, 0.2) is 0 Å². The maximum atomic E-state index is 11.8. The van der Waals surface area contributed by atoms with Gasteiger partial charge in [-0.15, -0.1) is 0 Å². The highest BCUT2D eigenvalue weighted by atomic mass is 16.5. The van der Waals surface area contributed by atoms with Crippen LogP contribution in [0.1, 0.15) is 32.1 Å². The van der Waals surface area contributed by atoms with Crippen molar-refractivity contribution in [3.8, 4) is 0 Å². The molecule has 4 rings (SSSR count). The summed E-state index contributed by atoms with van der Waals surface area (Å²) in [5.41, 5.74) is -0.0201. The zero-order valence-electron chi connectivity index (χ0n) is 13.4. The van der Waals surface area contributed by atoms with E-state index in [9.17, 15) is 4.79 Å². The van der Waals surface area contributed by atoms with Gasteiger partial charge in [-0.3, -0.25) is 4.79 Å². The summed E-state index contributed by atoms with van der Waals surface area (Å²) >= 11 is 0. The maximum Gasteiger partial charge on any atom is 0.225 e. The molecule has 1 amide bonds. The third-order valence-electron chi connectivity index (χ3n) is 5.19. The molecule has 0 radical (unpaired) electrons. The number of carbonyl (C=O) groups excluding carboxylic acids is 1. The van der Waals surface area contributed by atoms with E-state index in [0.29, 0.717) is 18.3 Å². The van der Waals surface area contributed by atoms with Gasteiger partial charge in [0, 0.05) is 25.4 Å². The molecular formula is C17H24N4O2. The molecule has 0 bridgehead atoms. The Morgan fingerprint density at radius 2 is 2.04 bits per heavy atom. The van der Waals surface area contributed by atoms with Gasteiger partial charge in [0.05, 0.1) is 19.7 Å². The number of amides is 1. The number of hydrogen-bond acceptors (Lipinski definition) is 5. The second-order valence-electron chi connectivity index (χ2n) is 7.26. The van der Waals surface area contributed by atoms with E-state index in [-0.39, 0.29) is 11.5 Å². The van der Waals surface area contributed by atoms with E-state index in [0.717, 1.165) is 45.0 Å². The van der Waals surface area contributed by atoms with Gasteiger partial charge in [0.1, 0.15) is 5.60 Å². The number of nitrogens with zero attached hydrogens (tertiary/aromatic N) is 3. The van der Waals surface area contributed by atoms with Gasteiger partial charge in [-0.05, 0) is 43.6 Å². The van der Waals surface area contributed by atoms with Crippen LogP contribution in [0.5, 0.6) is 0 Å². The van der Waals surface area contributed by atoms with E-state index in [1.807, 2.05) is 6.07 Å². The fraction of sp³-hybridized carbons (Fsp3) is 0.706. The van der Waals surface area contributed by atoms with Gasteiger partial charge in [0.2, 0.25) is 11.9 Å². The third-order valence-corrected chi connectivity index (χ3v) is 5.19. The van der Waals surface area contributed by atoms with Crippen LogP contribution in [0.25, 0.3) is 0 Å². The lowest BCUT2D eigenvalue weighted by atomic mass is 9.83. The van der Waals surface area contributed by atoms with Crippen LogP contribution in [0.15, 0.2) is 18.5 Å². The molecule has 124 valence electrons. The number of rotatable bonds is 5. The average Bonchev–Trinajstić information content (AvgIpc) is 3.36. The molecule has 1 aromatic rings. The molecule has 23 heavy (non-hydrogen) atoms. The maximum absolute atomic E-state index is 11.8. The van der Waals surface area contributed by atoms with Gasteiger partial charge >= 0.3 is 0 Å². The predicted octanol–water partition coefficient (Wildman–Crippen LogP) is 1.38. The van der Waals surface area contributed by atoms with Crippen molar-refractivity contribution in [1.82, 2.24) is 15.3 Å². The molecule has 1 aromatic heterocycles. The molecule has 1 saturated carbocycles. The molecule has 2 saturated heterocycles. The molecule has 6 heteroatoms. The predicted molar refractivity (Wildman–Crippen MR) is 86.0 cm³/mol. The Kier molecular flexibility index (Phi) is 3.93. The average molecular weight is 316 g/mol.